The van der Waals surface area contributed by atoms with E-state index in [1.165, 1.54) is 57.8 Å². The molecule has 16 heavy (non-hydrogen) atoms. The Morgan fingerprint density at radius 1 is 0.750 bits per heavy atom. The van der Waals surface area contributed by atoms with Crippen LogP contribution in [0.15, 0.2) is 12.2 Å². The van der Waals surface area contributed by atoms with Crippen molar-refractivity contribution in [2.24, 2.45) is 0 Å². The largest absolute Gasteiger partial charge is 0.303 e. The van der Waals surface area contributed by atoms with E-state index in [0.717, 1.165) is 12.7 Å². The number of allylic oxidation sites excluding steroid dienone is 2. The second kappa shape index (κ2) is 14.4. The monoisotopic (exact) mass is 224 g/mol. The van der Waals surface area contributed by atoms with Crippen LogP contribution in [0.2, 0.25) is 0 Å². The van der Waals surface area contributed by atoms with Crippen LogP contribution < -0.4 is 0 Å². The van der Waals surface area contributed by atoms with Crippen LogP contribution in [0, 0.1) is 0 Å². The van der Waals surface area contributed by atoms with E-state index in [2.05, 4.69) is 13.0 Å². The minimum absolute atomic E-state index is 0.581. The van der Waals surface area contributed by atoms with Crippen LogP contribution in [-0.2, 0) is 4.79 Å². The molecule has 0 fully saturated rings. The third kappa shape index (κ3) is 13.4. The molecule has 0 saturated carbocycles. The lowest BCUT2D eigenvalue weighted by Gasteiger charge is -2.00. The first-order valence-electron chi connectivity index (χ1n) is 7.00. The standard InChI is InChI=1S/C15H28O/c1-2-3-4-5-6-7-8-9-10-11-12-13-14-15-16/h12-13,15H,2-11,14H2,1H3. The minimum Gasteiger partial charge on any atom is -0.303 e. The molecule has 0 aromatic heterocycles. The van der Waals surface area contributed by atoms with Crippen LogP contribution in [0.4, 0.5) is 0 Å². The number of hydrogen-bond donors (Lipinski definition) is 0. The Morgan fingerprint density at radius 2 is 1.31 bits per heavy atom. The van der Waals surface area contributed by atoms with E-state index < -0.39 is 0 Å². The fraction of sp³-hybridized carbons (Fsp3) is 0.800. The minimum atomic E-state index is 0.581. The van der Waals surface area contributed by atoms with Crippen molar-refractivity contribution < 1.29 is 4.79 Å². The molecule has 1 heteroatoms. The van der Waals surface area contributed by atoms with Crippen LogP contribution in [0.1, 0.15) is 77.6 Å². The van der Waals surface area contributed by atoms with Crippen LogP contribution in [0.3, 0.4) is 0 Å². The zero-order valence-corrected chi connectivity index (χ0v) is 10.9. The normalized spacial score (nSPS) is 11.1. The quantitative estimate of drug-likeness (QED) is 0.257. The third-order valence-corrected chi connectivity index (χ3v) is 2.87. The number of hydrogen-bond acceptors (Lipinski definition) is 1. The number of rotatable bonds is 12. The van der Waals surface area contributed by atoms with Crippen molar-refractivity contribution in [2.45, 2.75) is 77.6 Å². The molecule has 94 valence electrons. The molecule has 0 N–H and O–H groups in total. The van der Waals surface area contributed by atoms with Gasteiger partial charge < -0.3 is 4.79 Å². The second-order valence-corrected chi connectivity index (χ2v) is 4.49. The van der Waals surface area contributed by atoms with Gasteiger partial charge in [0.05, 0.1) is 0 Å². The van der Waals surface area contributed by atoms with Gasteiger partial charge in [0, 0.05) is 6.42 Å². The molecule has 0 aliphatic heterocycles. The number of unbranched alkanes of at least 4 members (excludes halogenated alkanes) is 9. The Kier molecular flexibility index (Phi) is 13.9. The average molecular weight is 224 g/mol. The number of carbonyl (C=O) groups excluding carboxylic acids is 1. The zero-order valence-electron chi connectivity index (χ0n) is 10.9. The summed E-state index contributed by atoms with van der Waals surface area (Å²) >= 11 is 0. The van der Waals surface area contributed by atoms with E-state index in [1.807, 2.05) is 6.08 Å². The molecule has 0 spiro atoms. The van der Waals surface area contributed by atoms with Crippen molar-refractivity contribution in [3.05, 3.63) is 12.2 Å². The zero-order chi connectivity index (χ0) is 11.9. The van der Waals surface area contributed by atoms with E-state index in [4.69, 9.17) is 0 Å². The van der Waals surface area contributed by atoms with E-state index in [1.54, 1.807) is 0 Å². The molecule has 0 aliphatic carbocycles. The van der Waals surface area contributed by atoms with Gasteiger partial charge in [0.2, 0.25) is 0 Å². The highest BCUT2D eigenvalue weighted by molar-refractivity contribution is 5.51. The summed E-state index contributed by atoms with van der Waals surface area (Å²) in [5, 5.41) is 0. The van der Waals surface area contributed by atoms with Gasteiger partial charge in [-0.2, -0.15) is 0 Å². The van der Waals surface area contributed by atoms with E-state index in [0.29, 0.717) is 6.42 Å². The highest BCUT2D eigenvalue weighted by Gasteiger charge is 1.90. The summed E-state index contributed by atoms with van der Waals surface area (Å²) in [4.78, 5) is 10.0. The predicted molar refractivity (Wildman–Crippen MR) is 71.7 cm³/mol. The fourth-order valence-electron chi connectivity index (χ4n) is 1.84. The van der Waals surface area contributed by atoms with Gasteiger partial charge in [-0.1, -0.05) is 70.4 Å². The van der Waals surface area contributed by atoms with E-state index in [9.17, 15) is 4.79 Å². The van der Waals surface area contributed by atoms with Gasteiger partial charge in [0.1, 0.15) is 6.29 Å². The Bertz CT molecular complexity index is 161. The number of carbonyl (C=O) groups is 1. The fourth-order valence-corrected chi connectivity index (χ4v) is 1.84. The van der Waals surface area contributed by atoms with Gasteiger partial charge in [-0.15, -0.1) is 0 Å². The summed E-state index contributed by atoms with van der Waals surface area (Å²) < 4.78 is 0. The van der Waals surface area contributed by atoms with Crippen LogP contribution >= 0.6 is 0 Å². The summed E-state index contributed by atoms with van der Waals surface area (Å²) in [7, 11) is 0. The molecule has 0 atom stereocenters. The van der Waals surface area contributed by atoms with Crippen molar-refractivity contribution in [1.29, 1.82) is 0 Å². The lowest BCUT2D eigenvalue weighted by atomic mass is 10.1. The van der Waals surface area contributed by atoms with Crippen molar-refractivity contribution >= 4 is 6.29 Å². The molecule has 0 aromatic rings. The lowest BCUT2D eigenvalue weighted by Crippen LogP contribution is -1.80. The van der Waals surface area contributed by atoms with Gasteiger partial charge in [0.15, 0.2) is 0 Å². The smallest absolute Gasteiger partial charge is 0.123 e. The first-order valence-corrected chi connectivity index (χ1v) is 7.00. The SMILES string of the molecule is CCCCCCCCCCCC=CCC=O. The maximum atomic E-state index is 10.0. The molecule has 0 amide bonds. The molecule has 0 rings (SSSR count). The molecule has 1 nitrogen and oxygen atoms in total. The van der Waals surface area contributed by atoms with Gasteiger partial charge in [-0.25, -0.2) is 0 Å². The van der Waals surface area contributed by atoms with E-state index >= 15 is 0 Å². The Morgan fingerprint density at radius 3 is 1.88 bits per heavy atom. The molecule has 0 radical (unpaired) electrons. The highest BCUT2D eigenvalue weighted by atomic mass is 16.1. The van der Waals surface area contributed by atoms with Crippen molar-refractivity contribution in [2.75, 3.05) is 0 Å². The summed E-state index contributed by atoms with van der Waals surface area (Å²) in [5.41, 5.74) is 0. The molecule has 0 heterocycles. The first-order chi connectivity index (χ1) is 7.91. The van der Waals surface area contributed by atoms with Crippen LogP contribution in [-0.4, -0.2) is 6.29 Å². The van der Waals surface area contributed by atoms with E-state index in [-0.39, 0.29) is 0 Å². The summed E-state index contributed by atoms with van der Waals surface area (Å²) in [6, 6.07) is 0. The van der Waals surface area contributed by atoms with Crippen molar-refractivity contribution in [3.63, 3.8) is 0 Å². The Labute approximate surface area is 101 Å². The molecular weight excluding hydrogens is 196 g/mol. The van der Waals surface area contributed by atoms with Crippen molar-refractivity contribution in [1.82, 2.24) is 0 Å². The van der Waals surface area contributed by atoms with Gasteiger partial charge in [0.25, 0.3) is 0 Å². The molecule has 0 unspecified atom stereocenters. The first kappa shape index (κ1) is 15.4. The highest BCUT2D eigenvalue weighted by Crippen LogP contribution is 2.10. The molecule has 0 bridgehead atoms. The average Bonchev–Trinajstić information content (AvgIpc) is 2.31. The summed E-state index contributed by atoms with van der Waals surface area (Å²) in [6.45, 7) is 2.26. The molecule has 0 aliphatic rings. The van der Waals surface area contributed by atoms with Crippen molar-refractivity contribution in [3.8, 4) is 0 Å². The topological polar surface area (TPSA) is 17.1 Å². The lowest BCUT2D eigenvalue weighted by molar-refractivity contribution is -0.107. The van der Waals surface area contributed by atoms with Gasteiger partial charge >= 0.3 is 0 Å². The third-order valence-electron chi connectivity index (χ3n) is 2.87. The maximum absolute atomic E-state index is 10.0. The molecular formula is C15H28O. The summed E-state index contributed by atoms with van der Waals surface area (Å²) in [5.74, 6) is 0. The molecule has 0 saturated heterocycles. The van der Waals surface area contributed by atoms with Gasteiger partial charge in [-0.3, -0.25) is 0 Å². The molecule has 0 aromatic carbocycles. The van der Waals surface area contributed by atoms with Gasteiger partial charge in [-0.05, 0) is 12.8 Å². The Balaban J connectivity index is 2.95. The van der Waals surface area contributed by atoms with Crippen LogP contribution in [0.25, 0.3) is 0 Å². The Hall–Kier alpha value is -0.590. The maximum Gasteiger partial charge on any atom is 0.123 e. The summed E-state index contributed by atoms with van der Waals surface area (Å²) in [6.07, 6.45) is 19.2. The van der Waals surface area contributed by atoms with Crippen LogP contribution in [0.5, 0.6) is 0 Å². The second-order valence-electron chi connectivity index (χ2n) is 4.49. The predicted octanol–water partition coefficient (Wildman–Crippen LogP) is 5.05. The number of aldehydes is 1.